The van der Waals surface area contributed by atoms with Crippen LogP contribution in [0.1, 0.15) is 59.6 Å². The summed E-state index contributed by atoms with van der Waals surface area (Å²) >= 11 is 0. The van der Waals surface area contributed by atoms with Gasteiger partial charge in [0.15, 0.2) is 0 Å². The molecule has 2 aromatic rings. The average molecular weight is 358 g/mol. The number of hydrogen-bond donors (Lipinski definition) is 2. The van der Waals surface area contributed by atoms with E-state index in [1.807, 2.05) is 12.1 Å². The van der Waals surface area contributed by atoms with Crippen LogP contribution in [-0.2, 0) is 10.8 Å². The Labute approximate surface area is 153 Å². The van der Waals surface area contributed by atoms with Crippen molar-refractivity contribution in [2.75, 3.05) is 6.16 Å². The first-order chi connectivity index (χ1) is 11.4. The van der Waals surface area contributed by atoms with E-state index in [-0.39, 0.29) is 10.8 Å². The van der Waals surface area contributed by atoms with Gasteiger partial charge in [0.05, 0.1) is 0 Å². The first-order valence-electron chi connectivity index (χ1n) is 8.89. The van der Waals surface area contributed by atoms with Gasteiger partial charge in [0.1, 0.15) is 11.5 Å². The number of rotatable bonds is 3. The summed E-state index contributed by atoms with van der Waals surface area (Å²) < 4.78 is 0. The highest BCUT2D eigenvalue weighted by molar-refractivity contribution is 7.73. The zero-order valence-corrected chi connectivity index (χ0v) is 17.4. The van der Waals surface area contributed by atoms with Crippen molar-refractivity contribution in [1.82, 2.24) is 0 Å². The second kappa shape index (κ2) is 7.00. The minimum absolute atomic E-state index is 0.0203. The summed E-state index contributed by atoms with van der Waals surface area (Å²) in [6.07, 6.45) is 0.873. The molecule has 0 aliphatic carbocycles. The minimum Gasteiger partial charge on any atom is -0.507 e. The third-order valence-corrected chi connectivity index (χ3v) is 7.09. The molecule has 0 saturated carbocycles. The van der Waals surface area contributed by atoms with E-state index < -0.39 is 7.92 Å². The SMILES string of the molecule is CCP(c1cc(C(C)(C)C)ccc1O)c1cc(C(C)(C)C)ccc1O. The molecule has 0 fully saturated rings. The predicted octanol–water partition coefficient (Wildman–Crippen LogP) is 5.15. The predicted molar refractivity (Wildman–Crippen MR) is 110 cm³/mol. The summed E-state index contributed by atoms with van der Waals surface area (Å²) in [6.45, 7) is 15.2. The molecule has 3 heteroatoms. The summed E-state index contributed by atoms with van der Waals surface area (Å²) in [5.74, 6) is 0.642. The zero-order valence-electron chi connectivity index (χ0n) is 16.5. The Morgan fingerprint density at radius 2 is 1.08 bits per heavy atom. The van der Waals surface area contributed by atoms with Gasteiger partial charge in [0.25, 0.3) is 0 Å². The van der Waals surface area contributed by atoms with Gasteiger partial charge in [0, 0.05) is 10.6 Å². The van der Waals surface area contributed by atoms with Gasteiger partial charge in [-0.15, -0.1) is 0 Å². The molecule has 0 aliphatic rings. The molecule has 0 unspecified atom stereocenters. The maximum absolute atomic E-state index is 10.5. The monoisotopic (exact) mass is 358 g/mol. The van der Waals surface area contributed by atoms with Gasteiger partial charge in [-0.05, 0) is 60.3 Å². The van der Waals surface area contributed by atoms with Crippen molar-refractivity contribution >= 4 is 18.5 Å². The quantitative estimate of drug-likeness (QED) is 0.745. The minimum atomic E-state index is -0.817. The van der Waals surface area contributed by atoms with Crippen molar-refractivity contribution in [3.63, 3.8) is 0 Å². The van der Waals surface area contributed by atoms with E-state index in [0.29, 0.717) is 11.5 Å². The van der Waals surface area contributed by atoms with Crippen LogP contribution in [0.25, 0.3) is 0 Å². The van der Waals surface area contributed by atoms with Gasteiger partial charge in [-0.2, -0.15) is 0 Å². The van der Waals surface area contributed by atoms with Crippen molar-refractivity contribution in [3.05, 3.63) is 47.5 Å². The van der Waals surface area contributed by atoms with Crippen molar-refractivity contribution in [2.24, 2.45) is 0 Å². The molecular weight excluding hydrogens is 327 g/mol. The molecule has 0 aromatic heterocycles. The summed E-state index contributed by atoms with van der Waals surface area (Å²) in [7, 11) is -0.817. The van der Waals surface area contributed by atoms with Crippen LogP contribution >= 0.6 is 7.92 Å². The molecule has 2 aromatic carbocycles. The molecule has 2 N–H and O–H groups in total. The standard InChI is InChI=1S/C22H31O2P/c1-8-25(19-13-15(21(2,3)4)9-11-17(19)23)20-14-16(22(5,6)7)10-12-18(20)24/h9-14,23-24H,8H2,1-7H3. The Morgan fingerprint density at radius 3 is 1.36 bits per heavy atom. The third-order valence-electron chi connectivity index (χ3n) is 4.58. The third kappa shape index (κ3) is 4.36. The molecule has 0 aliphatic heterocycles. The molecule has 25 heavy (non-hydrogen) atoms. The van der Waals surface area contributed by atoms with Crippen LogP contribution in [0, 0.1) is 0 Å². The lowest BCUT2D eigenvalue weighted by Crippen LogP contribution is -2.20. The smallest absolute Gasteiger partial charge is 0.123 e. The van der Waals surface area contributed by atoms with Crippen molar-refractivity contribution in [2.45, 2.75) is 59.3 Å². The van der Waals surface area contributed by atoms with Crippen LogP contribution in [0.3, 0.4) is 0 Å². The zero-order chi connectivity index (χ0) is 19.0. The highest BCUT2D eigenvalue weighted by Crippen LogP contribution is 2.41. The highest BCUT2D eigenvalue weighted by atomic mass is 31.1. The fourth-order valence-electron chi connectivity index (χ4n) is 2.88. The largest absolute Gasteiger partial charge is 0.507 e. The van der Waals surface area contributed by atoms with Crippen molar-refractivity contribution in [3.8, 4) is 11.5 Å². The molecule has 0 spiro atoms. The fourth-order valence-corrected chi connectivity index (χ4v) is 5.12. The van der Waals surface area contributed by atoms with Crippen LogP contribution in [0.15, 0.2) is 36.4 Å². The van der Waals surface area contributed by atoms with E-state index in [4.69, 9.17) is 0 Å². The Hall–Kier alpha value is -1.53. The molecule has 0 heterocycles. The number of phenolic OH excluding ortho intramolecular Hbond substituents is 2. The fraction of sp³-hybridized carbons (Fsp3) is 0.455. The Morgan fingerprint density at radius 1 is 0.720 bits per heavy atom. The summed E-state index contributed by atoms with van der Waals surface area (Å²) in [5, 5.41) is 22.9. The van der Waals surface area contributed by atoms with Gasteiger partial charge in [0.2, 0.25) is 0 Å². The molecule has 0 radical (unpaired) electrons. The van der Waals surface area contributed by atoms with Gasteiger partial charge in [-0.3, -0.25) is 0 Å². The molecule has 136 valence electrons. The lowest BCUT2D eigenvalue weighted by Gasteiger charge is -2.26. The first kappa shape index (κ1) is 19.8. The van der Waals surface area contributed by atoms with E-state index in [1.165, 1.54) is 11.1 Å². The van der Waals surface area contributed by atoms with E-state index in [2.05, 4.69) is 60.6 Å². The van der Waals surface area contributed by atoms with Gasteiger partial charge in [-0.25, -0.2) is 0 Å². The van der Waals surface area contributed by atoms with Gasteiger partial charge < -0.3 is 10.2 Å². The summed E-state index contributed by atoms with van der Waals surface area (Å²) in [6, 6.07) is 11.8. The summed E-state index contributed by atoms with van der Waals surface area (Å²) in [4.78, 5) is 0. The van der Waals surface area contributed by atoms with Crippen LogP contribution < -0.4 is 10.6 Å². The number of phenols is 2. The van der Waals surface area contributed by atoms with Crippen LogP contribution in [0.4, 0.5) is 0 Å². The maximum Gasteiger partial charge on any atom is 0.123 e. The average Bonchev–Trinajstić information content (AvgIpc) is 2.49. The van der Waals surface area contributed by atoms with Crippen LogP contribution in [-0.4, -0.2) is 16.4 Å². The second-order valence-electron chi connectivity index (χ2n) is 8.65. The molecule has 0 bridgehead atoms. The number of aromatic hydroxyl groups is 2. The van der Waals surface area contributed by atoms with E-state index in [1.54, 1.807) is 12.1 Å². The Balaban J connectivity index is 2.62. The molecule has 2 rings (SSSR count). The van der Waals surface area contributed by atoms with E-state index in [0.717, 1.165) is 16.8 Å². The molecule has 0 saturated heterocycles. The molecule has 0 atom stereocenters. The highest BCUT2D eigenvalue weighted by Gasteiger charge is 2.24. The maximum atomic E-state index is 10.5. The summed E-state index contributed by atoms with van der Waals surface area (Å²) in [5.41, 5.74) is 2.44. The van der Waals surface area contributed by atoms with E-state index >= 15 is 0 Å². The number of hydrogen-bond acceptors (Lipinski definition) is 2. The second-order valence-corrected chi connectivity index (χ2v) is 11.1. The van der Waals surface area contributed by atoms with Crippen LogP contribution in [0.2, 0.25) is 0 Å². The molecule has 0 amide bonds. The molecule has 2 nitrogen and oxygen atoms in total. The molecular formula is C22H31O2P. The lowest BCUT2D eigenvalue weighted by atomic mass is 9.87. The van der Waals surface area contributed by atoms with Crippen LogP contribution in [0.5, 0.6) is 11.5 Å². The van der Waals surface area contributed by atoms with Crippen molar-refractivity contribution < 1.29 is 10.2 Å². The lowest BCUT2D eigenvalue weighted by molar-refractivity contribution is 0.478. The van der Waals surface area contributed by atoms with Crippen molar-refractivity contribution in [1.29, 1.82) is 0 Å². The van der Waals surface area contributed by atoms with E-state index in [9.17, 15) is 10.2 Å². The van der Waals surface area contributed by atoms with Gasteiger partial charge in [-0.1, -0.05) is 60.6 Å². The van der Waals surface area contributed by atoms with Gasteiger partial charge >= 0.3 is 0 Å². The normalized spacial score (nSPS) is 12.6. The number of benzene rings is 2. The Kier molecular flexibility index (Phi) is 5.54. The Bertz CT molecular complexity index is 688. The first-order valence-corrected chi connectivity index (χ1v) is 10.4. The topological polar surface area (TPSA) is 40.5 Å².